The molecule has 0 N–H and O–H groups in total. The smallest absolute Gasteiger partial charge is 1.00 e. The van der Waals surface area contributed by atoms with Gasteiger partial charge in [-0.2, -0.15) is 5.92 Å². The summed E-state index contributed by atoms with van der Waals surface area (Å²) in [4.78, 5) is 0. The van der Waals surface area contributed by atoms with Gasteiger partial charge in [0.1, 0.15) is 0 Å². The normalized spacial score (nSPS) is 10.9. The van der Waals surface area contributed by atoms with Crippen LogP contribution in [0.2, 0.25) is 0 Å². The van der Waals surface area contributed by atoms with Crippen LogP contribution in [0.3, 0.4) is 0 Å². The molecule has 0 aromatic heterocycles. The maximum atomic E-state index is 3.83. The van der Waals surface area contributed by atoms with E-state index in [0.29, 0.717) is 5.92 Å². The SMILES string of the molecule is [Br-].[CH2-]C(C)CCC.[Mg+2]. The molecule has 0 rings (SSSR count). The minimum absolute atomic E-state index is 0. The van der Waals surface area contributed by atoms with Gasteiger partial charge >= 0.3 is 23.1 Å². The Labute approximate surface area is 79.3 Å². The van der Waals surface area contributed by atoms with Gasteiger partial charge in [-0.15, -0.1) is 0 Å². The Balaban J connectivity index is -0.000000125. The summed E-state index contributed by atoms with van der Waals surface area (Å²) in [6, 6.07) is 0. The summed E-state index contributed by atoms with van der Waals surface area (Å²) in [5.41, 5.74) is 0. The number of hydrogen-bond acceptors (Lipinski definition) is 0. The van der Waals surface area contributed by atoms with E-state index in [0.717, 1.165) is 0 Å². The molecule has 0 spiro atoms. The third-order valence-corrected chi connectivity index (χ3v) is 0.781. The number of rotatable bonds is 2. The summed E-state index contributed by atoms with van der Waals surface area (Å²) in [6.45, 7) is 8.15. The fourth-order valence-electron chi connectivity index (χ4n) is 0.493. The van der Waals surface area contributed by atoms with Gasteiger partial charge in [-0.1, -0.05) is 26.7 Å². The minimum Gasteiger partial charge on any atom is -1.00 e. The van der Waals surface area contributed by atoms with Gasteiger partial charge in [0.2, 0.25) is 0 Å². The van der Waals surface area contributed by atoms with Crippen LogP contribution in [0.4, 0.5) is 0 Å². The number of halogens is 1. The predicted octanol–water partition coefficient (Wildman–Crippen LogP) is -1.12. The fourth-order valence-corrected chi connectivity index (χ4v) is 0.493. The van der Waals surface area contributed by atoms with Crippen molar-refractivity contribution in [2.75, 3.05) is 0 Å². The van der Waals surface area contributed by atoms with Gasteiger partial charge in [0, 0.05) is 0 Å². The molecule has 0 aliphatic rings. The molecule has 0 aliphatic heterocycles. The zero-order chi connectivity index (χ0) is 4.99. The standard InChI is InChI=1S/C6H13.BrH.Mg/c1-4-5-6(2)3;;/h6H,2,4-5H2,1,3H3;1H;/q-1;;+2/p-1. The zero-order valence-electron chi connectivity index (χ0n) is 5.78. The van der Waals surface area contributed by atoms with E-state index < -0.39 is 0 Å². The summed E-state index contributed by atoms with van der Waals surface area (Å²) >= 11 is 0. The van der Waals surface area contributed by atoms with Gasteiger partial charge in [-0.25, -0.2) is 0 Å². The van der Waals surface area contributed by atoms with Crippen molar-refractivity contribution in [2.45, 2.75) is 26.7 Å². The summed E-state index contributed by atoms with van der Waals surface area (Å²) in [7, 11) is 0. The summed E-state index contributed by atoms with van der Waals surface area (Å²) in [6.07, 6.45) is 2.53. The first-order valence-electron chi connectivity index (χ1n) is 2.60. The van der Waals surface area contributed by atoms with Crippen LogP contribution < -0.4 is 17.0 Å². The number of hydrogen-bond donors (Lipinski definition) is 0. The third kappa shape index (κ3) is 15.7. The maximum absolute atomic E-state index is 3.83. The second-order valence-electron chi connectivity index (χ2n) is 1.89. The molecule has 0 fully saturated rings. The first-order valence-corrected chi connectivity index (χ1v) is 2.60. The van der Waals surface area contributed by atoms with Crippen molar-refractivity contribution in [1.82, 2.24) is 0 Å². The van der Waals surface area contributed by atoms with Crippen molar-refractivity contribution in [3.8, 4) is 0 Å². The van der Waals surface area contributed by atoms with E-state index in [-0.39, 0.29) is 40.0 Å². The van der Waals surface area contributed by atoms with E-state index in [9.17, 15) is 0 Å². The Kier molecular flexibility index (Phi) is 22.4. The molecule has 1 unspecified atom stereocenters. The quantitative estimate of drug-likeness (QED) is 0.381. The summed E-state index contributed by atoms with van der Waals surface area (Å²) < 4.78 is 0. The summed E-state index contributed by atoms with van der Waals surface area (Å²) in [5, 5.41) is 0. The van der Waals surface area contributed by atoms with E-state index >= 15 is 0 Å². The summed E-state index contributed by atoms with van der Waals surface area (Å²) in [5.74, 6) is 0.648. The van der Waals surface area contributed by atoms with Gasteiger partial charge in [0.15, 0.2) is 0 Å². The largest absolute Gasteiger partial charge is 2.00 e. The molecular formula is C6H13BrMg. The second-order valence-corrected chi connectivity index (χ2v) is 1.89. The molecule has 0 aliphatic carbocycles. The van der Waals surface area contributed by atoms with Crippen molar-refractivity contribution in [3.63, 3.8) is 0 Å². The molecular weight excluding hydrogens is 176 g/mol. The molecule has 0 aromatic carbocycles. The molecule has 0 saturated carbocycles. The average molecular weight is 189 g/mol. The molecule has 0 heterocycles. The van der Waals surface area contributed by atoms with E-state index in [2.05, 4.69) is 20.8 Å². The predicted molar refractivity (Wildman–Crippen MR) is 35.2 cm³/mol. The van der Waals surface area contributed by atoms with Crippen LogP contribution in [0.25, 0.3) is 0 Å². The fraction of sp³-hybridized carbons (Fsp3) is 0.833. The van der Waals surface area contributed by atoms with Crippen LogP contribution in [-0.2, 0) is 0 Å². The van der Waals surface area contributed by atoms with E-state index in [1.807, 2.05) is 0 Å². The van der Waals surface area contributed by atoms with E-state index in [4.69, 9.17) is 0 Å². The Morgan fingerprint density at radius 2 is 1.88 bits per heavy atom. The van der Waals surface area contributed by atoms with E-state index in [1.165, 1.54) is 12.8 Å². The Hall–Kier alpha value is 1.25. The minimum atomic E-state index is 0. The van der Waals surface area contributed by atoms with Crippen molar-refractivity contribution < 1.29 is 17.0 Å². The van der Waals surface area contributed by atoms with Crippen LogP contribution in [-0.4, -0.2) is 23.1 Å². The molecule has 0 nitrogen and oxygen atoms in total. The van der Waals surface area contributed by atoms with Crippen molar-refractivity contribution in [2.24, 2.45) is 5.92 Å². The van der Waals surface area contributed by atoms with Crippen molar-refractivity contribution in [3.05, 3.63) is 6.92 Å². The third-order valence-electron chi connectivity index (χ3n) is 0.781. The van der Waals surface area contributed by atoms with Crippen LogP contribution in [0.1, 0.15) is 26.7 Å². The van der Waals surface area contributed by atoms with Gasteiger partial charge in [-0.05, 0) is 0 Å². The van der Waals surface area contributed by atoms with Gasteiger partial charge in [0.05, 0.1) is 0 Å². The first-order chi connectivity index (χ1) is 2.77. The van der Waals surface area contributed by atoms with Gasteiger partial charge in [0.25, 0.3) is 0 Å². The second kappa shape index (κ2) is 11.1. The Bertz CT molecular complexity index is 29.7. The molecule has 2 heteroatoms. The first kappa shape index (κ1) is 16.1. The van der Waals surface area contributed by atoms with Gasteiger partial charge < -0.3 is 23.9 Å². The molecule has 8 heavy (non-hydrogen) atoms. The van der Waals surface area contributed by atoms with Crippen LogP contribution in [0.15, 0.2) is 0 Å². The molecule has 1 atom stereocenters. The molecule has 46 valence electrons. The molecule has 0 amide bonds. The zero-order valence-corrected chi connectivity index (χ0v) is 8.78. The maximum Gasteiger partial charge on any atom is 2.00 e. The van der Waals surface area contributed by atoms with Crippen LogP contribution in [0, 0.1) is 12.8 Å². The van der Waals surface area contributed by atoms with Crippen molar-refractivity contribution >= 4 is 23.1 Å². The molecule has 0 bridgehead atoms. The monoisotopic (exact) mass is 188 g/mol. The van der Waals surface area contributed by atoms with Gasteiger partial charge in [-0.3, -0.25) is 0 Å². The Morgan fingerprint density at radius 1 is 1.50 bits per heavy atom. The molecule has 0 aromatic rings. The van der Waals surface area contributed by atoms with Crippen molar-refractivity contribution in [1.29, 1.82) is 0 Å². The molecule has 0 radical (unpaired) electrons. The molecule has 0 saturated heterocycles. The van der Waals surface area contributed by atoms with Crippen LogP contribution >= 0.6 is 0 Å². The topological polar surface area (TPSA) is 0 Å². The Morgan fingerprint density at radius 3 is 1.88 bits per heavy atom. The average Bonchev–Trinajstić information content (AvgIpc) is 1.35. The van der Waals surface area contributed by atoms with Crippen LogP contribution in [0.5, 0.6) is 0 Å². The van der Waals surface area contributed by atoms with E-state index in [1.54, 1.807) is 0 Å².